The molecule has 64 valence electrons. The molecule has 0 heteroatoms. The highest BCUT2D eigenvalue weighted by atomic mass is 13.9. The van der Waals surface area contributed by atoms with Gasteiger partial charge in [-0.3, -0.25) is 0 Å². The Morgan fingerprint density at radius 1 is 1.42 bits per heavy atom. The molecule has 1 aromatic carbocycles. The van der Waals surface area contributed by atoms with E-state index < -0.39 is 0 Å². The normalized spacial score (nSPS) is 11.8. The van der Waals surface area contributed by atoms with Gasteiger partial charge in [-0.05, 0) is 25.8 Å². The van der Waals surface area contributed by atoms with Crippen molar-refractivity contribution in [3.05, 3.63) is 41.0 Å². The predicted molar refractivity (Wildman–Crippen MR) is 55.1 cm³/mol. The van der Waals surface area contributed by atoms with E-state index in [1.807, 2.05) is 0 Å². The topological polar surface area (TPSA) is 0 Å². The van der Waals surface area contributed by atoms with Crippen molar-refractivity contribution in [3.8, 4) is 0 Å². The smallest absolute Gasteiger partial charge is 0.0255 e. The lowest BCUT2D eigenvalue weighted by molar-refractivity contribution is 1.11. The Bertz CT molecular complexity index is 282. The van der Waals surface area contributed by atoms with Gasteiger partial charge in [-0.2, -0.15) is 0 Å². The van der Waals surface area contributed by atoms with Crippen molar-refractivity contribution < 1.29 is 0 Å². The van der Waals surface area contributed by atoms with Crippen LogP contribution in [0.1, 0.15) is 31.4 Å². The van der Waals surface area contributed by atoms with E-state index in [4.69, 9.17) is 0 Å². The first-order valence-corrected chi connectivity index (χ1v) is 4.46. The highest BCUT2D eigenvalue weighted by Gasteiger charge is 1.89. The van der Waals surface area contributed by atoms with Crippen LogP contribution >= 0.6 is 0 Å². The number of benzene rings is 1. The van der Waals surface area contributed by atoms with Crippen LogP contribution in [-0.4, -0.2) is 0 Å². The average molecular weight is 160 g/mol. The third-order valence-electron chi connectivity index (χ3n) is 2.01. The molecule has 0 aliphatic heterocycles. The van der Waals surface area contributed by atoms with Gasteiger partial charge in [0.25, 0.3) is 0 Å². The summed E-state index contributed by atoms with van der Waals surface area (Å²) in [4.78, 5) is 0. The summed E-state index contributed by atoms with van der Waals surface area (Å²) in [7, 11) is 0. The lowest BCUT2D eigenvalue weighted by Gasteiger charge is -1.98. The molecular weight excluding hydrogens is 144 g/mol. The molecule has 0 N–H and O–H groups in total. The van der Waals surface area contributed by atoms with Crippen molar-refractivity contribution in [1.82, 2.24) is 0 Å². The minimum absolute atomic E-state index is 1.13. The molecule has 0 nitrogen and oxygen atoms in total. The first-order valence-electron chi connectivity index (χ1n) is 4.46. The second-order valence-electron chi connectivity index (χ2n) is 3.26. The molecule has 0 aromatic heterocycles. The summed E-state index contributed by atoms with van der Waals surface area (Å²) in [6.45, 7) is 6.47. The molecule has 1 aromatic rings. The zero-order valence-corrected chi connectivity index (χ0v) is 8.09. The highest BCUT2D eigenvalue weighted by Crippen LogP contribution is 2.10. The molecule has 0 fully saturated rings. The van der Waals surface area contributed by atoms with Crippen molar-refractivity contribution in [2.45, 2.75) is 27.2 Å². The van der Waals surface area contributed by atoms with Crippen LogP contribution in [-0.2, 0) is 0 Å². The molecule has 0 aliphatic carbocycles. The Balaban J connectivity index is 2.89. The van der Waals surface area contributed by atoms with Crippen molar-refractivity contribution in [2.24, 2.45) is 0 Å². The molecule has 0 aliphatic rings. The fourth-order valence-corrected chi connectivity index (χ4v) is 1.15. The Morgan fingerprint density at radius 3 is 2.75 bits per heavy atom. The maximum atomic E-state index is 2.24. The van der Waals surface area contributed by atoms with Gasteiger partial charge >= 0.3 is 0 Å². The van der Waals surface area contributed by atoms with Crippen LogP contribution in [0.25, 0.3) is 6.08 Å². The zero-order chi connectivity index (χ0) is 8.97. The molecule has 0 heterocycles. The first kappa shape index (κ1) is 9.05. The third-order valence-corrected chi connectivity index (χ3v) is 2.01. The summed E-state index contributed by atoms with van der Waals surface area (Å²) in [6.07, 6.45) is 3.38. The largest absolute Gasteiger partial charge is 0.0730 e. The molecule has 1 rings (SSSR count). The average Bonchev–Trinajstić information content (AvgIpc) is 2.04. The van der Waals surface area contributed by atoms with Gasteiger partial charge in [0.05, 0.1) is 0 Å². The van der Waals surface area contributed by atoms with Crippen molar-refractivity contribution in [3.63, 3.8) is 0 Å². The van der Waals surface area contributed by atoms with E-state index in [1.54, 1.807) is 0 Å². The molecule has 0 saturated heterocycles. The van der Waals surface area contributed by atoms with E-state index in [-0.39, 0.29) is 0 Å². The van der Waals surface area contributed by atoms with E-state index in [0.29, 0.717) is 0 Å². The van der Waals surface area contributed by atoms with E-state index >= 15 is 0 Å². The van der Waals surface area contributed by atoms with E-state index in [1.165, 1.54) is 16.7 Å². The van der Waals surface area contributed by atoms with Crippen molar-refractivity contribution >= 4 is 6.08 Å². The Morgan fingerprint density at radius 2 is 2.17 bits per heavy atom. The van der Waals surface area contributed by atoms with Gasteiger partial charge in [0.1, 0.15) is 0 Å². The second-order valence-corrected chi connectivity index (χ2v) is 3.26. The summed E-state index contributed by atoms with van der Waals surface area (Å²) < 4.78 is 0. The van der Waals surface area contributed by atoms with E-state index in [9.17, 15) is 0 Å². The molecule has 0 radical (unpaired) electrons. The monoisotopic (exact) mass is 160 g/mol. The molecule has 0 amide bonds. The van der Waals surface area contributed by atoms with E-state index in [0.717, 1.165) is 6.42 Å². The number of aryl methyl sites for hydroxylation is 1. The molecule has 0 saturated carbocycles. The minimum atomic E-state index is 1.13. The predicted octanol–water partition coefficient (Wildman–Crippen LogP) is 3.81. The molecule has 0 unspecified atom stereocenters. The maximum absolute atomic E-state index is 2.24. The number of hydrogen-bond donors (Lipinski definition) is 0. The van der Waals surface area contributed by atoms with Crippen LogP contribution in [0.2, 0.25) is 0 Å². The van der Waals surface area contributed by atoms with Gasteiger partial charge in [-0.1, -0.05) is 48.4 Å². The molecule has 0 spiro atoms. The lowest BCUT2D eigenvalue weighted by atomic mass is 10.1. The Labute approximate surface area is 74.9 Å². The SMILES string of the molecule is CCC(C)=Cc1cccc(C)c1. The Kier molecular flexibility index (Phi) is 3.09. The molecule has 0 bridgehead atoms. The van der Waals surface area contributed by atoms with Gasteiger partial charge in [0, 0.05) is 0 Å². The van der Waals surface area contributed by atoms with Crippen LogP contribution in [0.15, 0.2) is 29.8 Å². The Hall–Kier alpha value is -1.04. The number of hydrogen-bond acceptors (Lipinski definition) is 0. The van der Waals surface area contributed by atoms with Gasteiger partial charge in [-0.25, -0.2) is 0 Å². The van der Waals surface area contributed by atoms with E-state index in [2.05, 4.69) is 51.1 Å². The molecule has 0 atom stereocenters. The fraction of sp³-hybridized carbons (Fsp3) is 0.333. The minimum Gasteiger partial charge on any atom is -0.0730 e. The van der Waals surface area contributed by atoms with Crippen LogP contribution < -0.4 is 0 Å². The van der Waals surface area contributed by atoms with Gasteiger partial charge < -0.3 is 0 Å². The number of rotatable bonds is 2. The molecule has 12 heavy (non-hydrogen) atoms. The summed E-state index contributed by atoms with van der Waals surface area (Å²) in [6, 6.07) is 8.58. The van der Waals surface area contributed by atoms with Crippen LogP contribution in [0, 0.1) is 6.92 Å². The standard InChI is InChI=1S/C12H16/c1-4-10(2)8-12-7-5-6-11(3)9-12/h5-9H,4H2,1-3H3. The third kappa shape index (κ3) is 2.54. The quantitative estimate of drug-likeness (QED) is 0.617. The van der Waals surface area contributed by atoms with Crippen LogP contribution in [0.5, 0.6) is 0 Å². The highest BCUT2D eigenvalue weighted by molar-refractivity contribution is 5.53. The summed E-state index contributed by atoms with van der Waals surface area (Å²) in [5, 5.41) is 0. The van der Waals surface area contributed by atoms with Gasteiger partial charge in [0.2, 0.25) is 0 Å². The van der Waals surface area contributed by atoms with Crippen LogP contribution in [0.3, 0.4) is 0 Å². The number of allylic oxidation sites excluding steroid dienone is 1. The van der Waals surface area contributed by atoms with Crippen molar-refractivity contribution in [1.29, 1.82) is 0 Å². The summed E-state index contributed by atoms with van der Waals surface area (Å²) in [5.74, 6) is 0. The van der Waals surface area contributed by atoms with Gasteiger partial charge in [0.15, 0.2) is 0 Å². The lowest BCUT2D eigenvalue weighted by Crippen LogP contribution is -1.77. The molecular formula is C12H16. The first-order chi connectivity index (χ1) is 5.72. The van der Waals surface area contributed by atoms with Gasteiger partial charge in [-0.15, -0.1) is 0 Å². The van der Waals surface area contributed by atoms with Crippen LogP contribution in [0.4, 0.5) is 0 Å². The summed E-state index contributed by atoms with van der Waals surface area (Å²) in [5.41, 5.74) is 4.07. The fourth-order valence-electron chi connectivity index (χ4n) is 1.15. The van der Waals surface area contributed by atoms with Crippen molar-refractivity contribution in [2.75, 3.05) is 0 Å². The summed E-state index contributed by atoms with van der Waals surface area (Å²) >= 11 is 0. The second kappa shape index (κ2) is 4.10. The maximum Gasteiger partial charge on any atom is -0.0255 e. The zero-order valence-electron chi connectivity index (χ0n) is 8.09.